The molecule has 0 fully saturated rings. The van der Waals surface area contributed by atoms with E-state index in [2.05, 4.69) is 21.2 Å². The van der Waals surface area contributed by atoms with E-state index in [4.69, 9.17) is 4.74 Å². The molecule has 0 bridgehead atoms. The Balaban J connectivity index is 1.88. The first-order valence-corrected chi connectivity index (χ1v) is 7.96. The Bertz CT molecular complexity index is 677. The zero-order valence-corrected chi connectivity index (χ0v) is 14.6. The summed E-state index contributed by atoms with van der Waals surface area (Å²) in [6, 6.07) is 12.3. The van der Waals surface area contributed by atoms with Gasteiger partial charge in [0.2, 0.25) is 0 Å². The van der Waals surface area contributed by atoms with Gasteiger partial charge in [0.25, 0.3) is 5.91 Å². The maximum atomic E-state index is 13.7. The van der Waals surface area contributed by atoms with Crippen molar-refractivity contribution in [3.8, 4) is 5.75 Å². The minimum absolute atomic E-state index is 0.190. The quantitative estimate of drug-likeness (QED) is 0.805. The molecule has 0 aliphatic rings. The molecule has 4 nitrogen and oxygen atoms in total. The van der Waals surface area contributed by atoms with Crippen molar-refractivity contribution >= 4 is 27.5 Å². The van der Waals surface area contributed by atoms with Gasteiger partial charge in [-0.25, -0.2) is 4.39 Å². The lowest BCUT2D eigenvalue weighted by molar-refractivity contribution is -0.885. The number of anilines is 1. The van der Waals surface area contributed by atoms with Gasteiger partial charge in [0.05, 0.1) is 19.8 Å². The Morgan fingerprint density at radius 1 is 1.26 bits per heavy atom. The van der Waals surface area contributed by atoms with Gasteiger partial charge in [0.15, 0.2) is 6.54 Å². The first-order valence-electron chi connectivity index (χ1n) is 7.17. The summed E-state index contributed by atoms with van der Waals surface area (Å²) in [7, 11) is 3.54. The van der Waals surface area contributed by atoms with Crippen molar-refractivity contribution in [2.75, 3.05) is 26.0 Å². The van der Waals surface area contributed by atoms with Gasteiger partial charge in [0, 0.05) is 10.0 Å². The number of nitrogens with one attached hydrogen (secondary N) is 2. The smallest absolute Gasteiger partial charge is 0.279 e. The van der Waals surface area contributed by atoms with E-state index in [-0.39, 0.29) is 18.1 Å². The van der Waals surface area contributed by atoms with E-state index < -0.39 is 5.82 Å². The molecule has 0 aliphatic carbocycles. The van der Waals surface area contributed by atoms with Crippen LogP contribution in [0.5, 0.6) is 5.75 Å². The largest absolute Gasteiger partial charge is 0.497 e. The van der Waals surface area contributed by atoms with Crippen molar-refractivity contribution in [1.82, 2.24) is 0 Å². The average Bonchev–Trinajstić information content (AvgIpc) is 2.50. The van der Waals surface area contributed by atoms with E-state index in [0.29, 0.717) is 11.0 Å². The van der Waals surface area contributed by atoms with Gasteiger partial charge in [-0.2, -0.15) is 0 Å². The summed E-state index contributed by atoms with van der Waals surface area (Å²) >= 11 is 3.18. The highest BCUT2D eigenvalue weighted by molar-refractivity contribution is 9.10. The normalized spacial score (nSPS) is 11.8. The average molecular weight is 382 g/mol. The van der Waals surface area contributed by atoms with Crippen LogP contribution in [0.2, 0.25) is 0 Å². The van der Waals surface area contributed by atoms with E-state index in [1.807, 2.05) is 31.3 Å². The number of benzene rings is 2. The molecule has 0 spiro atoms. The Morgan fingerprint density at radius 2 is 1.96 bits per heavy atom. The highest BCUT2D eigenvalue weighted by atomic mass is 79.9. The molecule has 0 radical (unpaired) electrons. The van der Waals surface area contributed by atoms with Crippen LogP contribution >= 0.6 is 15.9 Å². The molecule has 2 aromatic carbocycles. The number of carbonyl (C=O) groups is 1. The minimum atomic E-state index is -0.458. The fraction of sp³-hybridized carbons (Fsp3) is 0.235. The third kappa shape index (κ3) is 5.33. The van der Waals surface area contributed by atoms with Crippen LogP contribution < -0.4 is 15.0 Å². The third-order valence-corrected chi connectivity index (χ3v) is 3.83. The summed E-state index contributed by atoms with van der Waals surface area (Å²) < 4.78 is 19.5. The maximum absolute atomic E-state index is 13.7. The number of carbonyl (C=O) groups excluding carboxylic acids is 1. The van der Waals surface area contributed by atoms with Gasteiger partial charge in [0.1, 0.15) is 18.1 Å². The van der Waals surface area contributed by atoms with Crippen LogP contribution in [0.3, 0.4) is 0 Å². The SMILES string of the molecule is COc1ccc(C[NH+](C)CC(=O)Nc2ccc(Br)cc2F)cc1. The van der Waals surface area contributed by atoms with Crippen LogP contribution in [0.15, 0.2) is 46.9 Å². The lowest BCUT2D eigenvalue weighted by Crippen LogP contribution is -3.08. The van der Waals surface area contributed by atoms with Crippen LogP contribution in [-0.2, 0) is 11.3 Å². The number of methoxy groups -OCH3 is 1. The van der Waals surface area contributed by atoms with Gasteiger partial charge in [-0.15, -0.1) is 0 Å². The first-order chi connectivity index (χ1) is 11.0. The molecule has 2 aromatic rings. The standard InChI is InChI=1S/C17H18BrFN2O2/c1-21(10-12-3-6-14(23-2)7-4-12)11-17(22)20-16-8-5-13(18)9-15(16)19/h3-9H,10-11H2,1-2H3,(H,20,22)/p+1. The fourth-order valence-corrected chi connectivity index (χ4v) is 2.55. The molecule has 1 unspecified atom stereocenters. The van der Waals surface area contributed by atoms with Gasteiger partial charge in [-0.3, -0.25) is 4.79 Å². The molecule has 2 rings (SSSR count). The van der Waals surface area contributed by atoms with Gasteiger partial charge in [-0.05, 0) is 42.5 Å². The van der Waals surface area contributed by atoms with E-state index in [1.54, 1.807) is 13.2 Å². The minimum Gasteiger partial charge on any atom is -0.497 e. The molecule has 0 aliphatic heterocycles. The topological polar surface area (TPSA) is 42.8 Å². The zero-order chi connectivity index (χ0) is 16.8. The van der Waals surface area contributed by atoms with Crippen LogP contribution in [-0.4, -0.2) is 26.6 Å². The predicted octanol–water partition coefficient (Wildman–Crippen LogP) is 2.25. The lowest BCUT2D eigenvalue weighted by Gasteiger charge is -2.14. The monoisotopic (exact) mass is 381 g/mol. The van der Waals surface area contributed by atoms with Crippen molar-refractivity contribution in [2.45, 2.75) is 6.54 Å². The summed E-state index contributed by atoms with van der Waals surface area (Å²) in [5.74, 6) is 0.118. The molecule has 0 heterocycles. The van der Waals surface area contributed by atoms with Crippen LogP contribution in [0, 0.1) is 5.82 Å². The van der Waals surface area contributed by atoms with Crippen molar-refractivity contribution < 1.29 is 18.8 Å². The van der Waals surface area contributed by atoms with Gasteiger partial charge in [-0.1, -0.05) is 15.9 Å². The molecule has 6 heteroatoms. The summed E-state index contributed by atoms with van der Waals surface area (Å²) in [6.07, 6.45) is 0. The number of hydrogen-bond acceptors (Lipinski definition) is 2. The van der Waals surface area contributed by atoms with Crippen LogP contribution in [0.25, 0.3) is 0 Å². The lowest BCUT2D eigenvalue weighted by atomic mass is 10.2. The second-order valence-electron chi connectivity index (χ2n) is 5.33. The molecule has 2 N–H and O–H groups in total. The highest BCUT2D eigenvalue weighted by Crippen LogP contribution is 2.19. The van der Waals surface area contributed by atoms with Crippen LogP contribution in [0.4, 0.5) is 10.1 Å². The number of quaternary nitrogens is 1. The number of amides is 1. The number of halogens is 2. The van der Waals surface area contributed by atoms with Crippen molar-refractivity contribution in [1.29, 1.82) is 0 Å². The second kappa shape index (κ2) is 8.08. The Kier molecular flexibility index (Phi) is 6.12. The molecule has 1 atom stereocenters. The van der Waals surface area contributed by atoms with E-state index in [1.165, 1.54) is 12.1 Å². The number of ether oxygens (including phenoxy) is 1. The molecule has 23 heavy (non-hydrogen) atoms. The predicted molar refractivity (Wildman–Crippen MR) is 91.2 cm³/mol. The van der Waals surface area contributed by atoms with Crippen molar-refractivity contribution in [2.24, 2.45) is 0 Å². The van der Waals surface area contributed by atoms with E-state index in [0.717, 1.165) is 16.2 Å². The second-order valence-corrected chi connectivity index (χ2v) is 6.25. The van der Waals surface area contributed by atoms with Crippen molar-refractivity contribution in [3.05, 3.63) is 58.3 Å². The van der Waals surface area contributed by atoms with Gasteiger partial charge >= 0.3 is 0 Å². The first kappa shape index (κ1) is 17.4. The van der Waals surface area contributed by atoms with E-state index >= 15 is 0 Å². The highest BCUT2D eigenvalue weighted by Gasteiger charge is 2.13. The molecule has 0 saturated carbocycles. The number of hydrogen-bond donors (Lipinski definition) is 2. The molecule has 1 amide bonds. The Hall–Kier alpha value is -1.92. The number of rotatable bonds is 6. The fourth-order valence-electron chi connectivity index (χ4n) is 2.21. The third-order valence-electron chi connectivity index (χ3n) is 3.33. The summed E-state index contributed by atoms with van der Waals surface area (Å²) in [5.41, 5.74) is 1.29. The Morgan fingerprint density at radius 3 is 2.57 bits per heavy atom. The molecule has 122 valence electrons. The molecule has 0 aromatic heterocycles. The summed E-state index contributed by atoms with van der Waals surface area (Å²) in [6.45, 7) is 0.946. The number of likely N-dealkylation sites (N-methyl/N-ethyl adjacent to an activating group) is 1. The van der Waals surface area contributed by atoms with Gasteiger partial charge < -0.3 is 15.0 Å². The molecular formula is C17H19BrFN2O2+. The molecule has 0 saturated heterocycles. The van der Waals surface area contributed by atoms with Crippen LogP contribution in [0.1, 0.15) is 5.56 Å². The zero-order valence-electron chi connectivity index (χ0n) is 13.0. The van der Waals surface area contributed by atoms with Crippen molar-refractivity contribution in [3.63, 3.8) is 0 Å². The summed E-state index contributed by atoms with van der Waals surface area (Å²) in [5, 5.41) is 2.60. The van der Waals surface area contributed by atoms with E-state index in [9.17, 15) is 9.18 Å². The molecular weight excluding hydrogens is 363 g/mol. The Labute approximate surface area is 143 Å². The summed E-state index contributed by atoms with van der Waals surface area (Å²) in [4.78, 5) is 13.0. The maximum Gasteiger partial charge on any atom is 0.279 e.